The second kappa shape index (κ2) is 26.7. The van der Waals surface area contributed by atoms with Gasteiger partial charge in [0.1, 0.15) is 54.4 Å². The Bertz CT molecular complexity index is 2320. The molecule has 0 saturated carbocycles. The highest BCUT2D eigenvalue weighted by Crippen LogP contribution is 2.22. The van der Waals surface area contributed by atoms with E-state index in [9.17, 15) is 57.8 Å². The van der Waals surface area contributed by atoms with Crippen LogP contribution in [0.3, 0.4) is 0 Å². The number of aliphatic hydroxyl groups is 1. The first kappa shape index (κ1) is 57.1. The number of nitrogens with two attached hydrogens (primary N) is 2. The number of aromatic amines is 1. The van der Waals surface area contributed by atoms with Gasteiger partial charge in [-0.05, 0) is 64.5 Å². The van der Waals surface area contributed by atoms with Gasteiger partial charge in [0.05, 0.1) is 12.6 Å². The first-order chi connectivity index (χ1) is 33.6. The third kappa shape index (κ3) is 15.5. The van der Waals surface area contributed by atoms with Crippen molar-refractivity contribution in [2.45, 2.75) is 126 Å². The van der Waals surface area contributed by atoms with Crippen LogP contribution in [-0.2, 0) is 59.2 Å². The molecule has 14 N–H and O–H groups in total. The second-order valence-electron chi connectivity index (χ2n) is 17.4. The number of carboxylic acid groups (broad SMARTS) is 1. The summed E-state index contributed by atoms with van der Waals surface area (Å²) in [6.07, 6.45) is 2.26. The molecule has 0 bridgehead atoms. The number of nitrogens with zero attached hydrogens (tertiary/aromatic N) is 2. The molecule has 10 atom stereocenters. The number of fused-ring (bicyclic) bond motifs is 1. The monoisotopic (exact) mass is 1030 g/mol. The molecular weight excluding hydrogens is 969 g/mol. The number of amides is 10. The minimum Gasteiger partial charge on any atom is -0.480 e. The number of nitrogens with one attached hydrogen (secondary N) is 8. The zero-order valence-electron chi connectivity index (χ0n) is 39.5. The van der Waals surface area contributed by atoms with Crippen molar-refractivity contribution in [1.29, 1.82) is 0 Å². The Balaban J connectivity index is 1.44. The number of carbonyl (C=O) groups excluding carboxylic acids is 10. The predicted molar refractivity (Wildman–Crippen MR) is 261 cm³/mol. The predicted octanol–water partition coefficient (Wildman–Crippen LogP) is -4.33. The van der Waals surface area contributed by atoms with Crippen LogP contribution in [0.2, 0.25) is 0 Å². The van der Waals surface area contributed by atoms with Gasteiger partial charge in [-0.15, -0.1) is 0 Å². The summed E-state index contributed by atoms with van der Waals surface area (Å²) >= 11 is 8.35. The van der Waals surface area contributed by atoms with Gasteiger partial charge in [0, 0.05) is 54.5 Å². The number of hydrogen-bond acceptors (Lipinski definition) is 15. The molecule has 390 valence electrons. The SMILES string of the molecule is C[C@H](N)C(=O)N1CCC[C@H]1C(=O)N[C@@H](Cc1c[nH]c2ccccc12)C(=O)N[C@@H](CCC(N)=O)C(=O)N[C@@H](CS)C(=O)N[C@@H](C)C(=O)N1CCC[C@H]1C(=O)N[C@@H](CS)C(=O)N[C@@H](CO)C(=O)N[C@@H](C)C(=O)O. The molecule has 1 aromatic carbocycles. The minimum atomic E-state index is -1.56. The van der Waals surface area contributed by atoms with E-state index in [4.69, 9.17) is 16.6 Å². The topological polar surface area (TPSA) is 387 Å². The van der Waals surface area contributed by atoms with Gasteiger partial charge >= 0.3 is 5.97 Å². The van der Waals surface area contributed by atoms with E-state index in [0.29, 0.717) is 24.8 Å². The summed E-state index contributed by atoms with van der Waals surface area (Å²) in [5.41, 5.74) is 12.7. The number of primary amides is 1. The molecule has 2 saturated heterocycles. The molecule has 2 aromatic rings. The fourth-order valence-corrected chi connectivity index (χ4v) is 8.60. The maximum absolute atomic E-state index is 14.2. The van der Waals surface area contributed by atoms with Crippen molar-refractivity contribution in [2.75, 3.05) is 31.2 Å². The number of likely N-dealkylation sites (tertiary alicyclic amines) is 2. The van der Waals surface area contributed by atoms with Crippen molar-refractivity contribution >= 4 is 101 Å². The van der Waals surface area contributed by atoms with Crippen molar-refractivity contribution in [2.24, 2.45) is 11.5 Å². The van der Waals surface area contributed by atoms with Crippen molar-refractivity contribution in [1.82, 2.24) is 52.0 Å². The number of aliphatic carboxylic acids is 1. The fraction of sp³-hybridized carbons (Fsp3) is 0.568. The summed E-state index contributed by atoms with van der Waals surface area (Å²) in [5, 5.41) is 36.7. The van der Waals surface area contributed by atoms with Crippen molar-refractivity contribution in [3.05, 3.63) is 36.0 Å². The molecule has 0 radical (unpaired) electrons. The number of carbonyl (C=O) groups is 11. The van der Waals surface area contributed by atoms with Gasteiger partial charge < -0.3 is 73.7 Å². The van der Waals surface area contributed by atoms with Crippen LogP contribution in [0.1, 0.15) is 64.9 Å². The molecule has 0 unspecified atom stereocenters. The van der Waals surface area contributed by atoms with Crippen LogP contribution in [0.25, 0.3) is 10.9 Å². The second-order valence-corrected chi connectivity index (χ2v) is 18.1. The van der Waals surface area contributed by atoms with E-state index in [1.165, 1.54) is 30.6 Å². The molecular formula is C44H64N12O13S2. The maximum atomic E-state index is 14.2. The first-order valence-electron chi connectivity index (χ1n) is 23.0. The lowest BCUT2D eigenvalue weighted by molar-refractivity contribution is -0.142. The Hall–Kier alpha value is -6.45. The minimum absolute atomic E-state index is 0.0694. The normalized spacial score (nSPS) is 18.9. The van der Waals surface area contributed by atoms with E-state index < -0.39 is 132 Å². The number of para-hydroxylation sites is 1. The van der Waals surface area contributed by atoms with Crippen molar-refractivity contribution < 1.29 is 63.0 Å². The van der Waals surface area contributed by atoms with E-state index in [0.717, 1.165) is 10.9 Å². The number of hydrogen-bond donors (Lipinski definition) is 14. The van der Waals surface area contributed by atoms with Gasteiger partial charge in [-0.3, -0.25) is 52.7 Å². The number of H-pyrrole nitrogens is 1. The third-order valence-corrected chi connectivity index (χ3v) is 12.7. The van der Waals surface area contributed by atoms with Crippen LogP contribution in [0, 0.1) is 0 Å². The molecule has 0 aliphatic carbocycles. The number of thiol groups is 2. The van der Waals surface area contributed by atoms with Crippen LogP contribution in [0.5, 0.6) is 0 Å². The highest BCUT2D eigenvalue weighted by molar-refractivity contribution is 7.80. The number of aromatic nitrogens is 1. The van der Waals surface area contributed by atoms with Gasteiger partial charge in [0.25, 0.3) is 0 Å². The Labute approximate surface area is 419 Å². The molecule has 2 aliphatic heterocycles. The quantitative estimate of drug-likeness (QED) is 0.0419. The number of benzene rings is 1. The van der Waals surface area contributed by atoms with Crippen LogP contribution in [-0.4, -0.2) is 182 Å². The number of rotatable bonds is 25. The Morgan fingerprint density at radius 1 is 0.676 bits per heavy atom. The summed E-state index contributed by atoms with van der Waals surface area (Å²) in [6.45, 7) is 3.50. The average molecular weight is 1030 g/mol. The Kier molecular flexibility index (Phi) is 21.5. The number of aliphatic hydroxyl groups excluding tert-OH is 1. The zero-order valence-corrected chi connectivity index (χ0v) is 41.3. The van der Waals surface area contributed by atoms with Crippen LogP contribution in [0.4, 0.5) is 0 Å². The molecule has 10 amide bonds. The molecule has 1 aromatic heterocycles. The fourth-order valence-electron chi connectivity index (χ4n) is 8.09. The molecule has 3 heterocycles. The van der Waals surface area contributed by atoms with E-state index in [2.05, 4.69) is 67.5 Å². The standard InChI is InChI=1S/C44H64N12O13S2/c1-21(45)42(66)55-14-6-10-32(55)40(64)51-28(16-24-17-47-26-9-5-4-8-25(24)26)36(60)50-27(12-13-34(46)58)35(59)53-30(19-70)38(62)48-22(2)43(67)56-15-7-11-33(56)41(65)54-31(20-71)39(63)52-29(18-57)37(61)49-23(3)44(68)69/h4-5,8-9,17,21-23,27-33,47,57,70-71H,6-7,10-16,18-20,45H2,1-3H3,(H2,46,58)(H,48,62)(H,49,61)(H,50,60)(H,51,64)(H,52,63)(H,53,59)(H,54,65)(H,68,69)/t21-,22-,23-,27-,28-,29-,30-,31-,32-,33-/m0/s1. The highest BCUT2D eigenvalue weighted by atomic mass is 32.1. The Morgan fingerprint density at radius 2 is 1.15 bits per heavy atom. The molecule has 2 fully saturated rings. The van der Waals surface area contributed by atoms with Gasteiger partial charge in [-0.25, -0.2) is 0 Å². The zero-order chi connectivity index (χ0) is 52.7. The van der Waals surface area contributed by atoms with E-state index in [-0.39, 0.29) is 50.3 Å². The summed E-state index contributed by atoms with van der Waals surface area (Å²) in [6, 6.07) is -5.43. The number of carboxylic acids is 1. The lowest BCUT2D eigenvalue weighted by atomic mass is 10.0. The molecule has 4 rings (SSSR count). The van der Waals surface area contributed by atoms with Crippen molar-refractivity contribution in [3.8, 4) is 0 Å². The molecule has 71 heavy (non-hydrogen) atoms. The van der Waals surface area contributed by atoms with E-state index in [1.807, 2.05) is 18.2 Å². The highest BCUT2D eigenvalue weighted by Gasteiger charge is 2.40. The summed E-state index contributed by atoms with van der Waals surface area (Å²) in [4.78, 5) is 150. The lowest BCUT2D eigenvalue weighted by Crippen LogP contribution is -2.60. The van der Waals surface area contributed by atoms with E-state index >= 15 is 0 Å². The van der Waals surface area contributed by atoms with Crippen LogP contribution < -0.4 is 48.7 Å². The smallest absolute Gasteiger partial charge is 0.325 e. The maximum Gasteiger partial charge on any atom is 0.325 e. The van der Waals surface area contributed by atoms with Crippen molar-refractivity contribution in [3.63, 3.8) is 0 Å². The third-order valence-electron chi connectivity index (χ3n) is 12.0. The summed E-state index contributed by atoms with van der Waals surface area (Å²) < 4.78 is 0. The van der Waals surface area contributed by atoms with Gasteiger partial charge in [0.2, 0.25) is 59.1 Å². The Morgan fingerprint density at radius 3 is 1.72 bits per heavy atom. The summed E-state index contributed by atoms with van der Waals surface area (Å²) in [5.74, 6) is -9.86. The van der Waals surface area contributed by atoms with Crippen LogP contribution in [0.15, 0.2) is 30.5 Å². The van der Waals surface area contributed by atoms with Gasteiger partial charge in [-0.1, -0.05) is 18.2 Å². The summed E-state index contributed by atoms with van der Waals surface area (Å²) in [7, 11) is 0. The lowest BCUT2D eigenvalue weighted by Gasteiger charge is -2.29. The van der Waals surface area contributed by atoms with Gasteiger partial charge in [0.15, 0.2) is 0 Å². The molecule has 25 nitrogen and oxygen atoms in total. The molecule has 0 spiro atoms. The first-order valence-corrected chi connectivity index (χ1v) is 24.3. The average Bonchev–Trinajstić information content (AvgIpc) is 4.13. The van der Waals surface area contributed by atoms with Gasteiger partial charge in [-0.2, -0.15) is 25.3 Å². The molecule has 27 heteroatoms. The van der Waals surface area contributed by atoms with Crippen LogP contribution >= 0.6 is 25.3 Å². The molecule has 2 aliphatic rings. The van der Waals surface area contributed by atoms with E-state index in [1.54, 1.807) is 12.3 Å². The largest absolute Gasteiger partial charge is 0.480 e.